The van der Waals surface area contributed by atoms with Crippen LogP contribution in [0.2, 0.25) is 0 Å². The molecule has 0 aliphatic carbocycles. The largest absolute Gasteiger partial charge is 0.497 e. The molecule has 1 aromatic carbocycles. The highest BCUT2D eigenvalue weighted by Crippen LogP contribution is 2.28. The SMILES string of the molecule is COc1ccc(S(=O)(=O)N[C@H]2CCCNC2)c([N+](=O)[O-])c1. The van der Waals surface area contributed by atoms with Gasteiger partial charge in [-0.2, -0.15) is 0 Å². The molecule has 1 aromatic rings. The topological polar surface area (TPSA) is 111 Å². The zero-order chi connectivity index (χ0) is 15.5. The fourth-order valence-electron chi connectivity index (χ4n) is 2.23. The quantitative estimate of drug-likeness (QED) is 0.609. The van der Waals surface area contributed by atoms with E-state index in [9.17, 15) is 18.5 Å². The molecule has 0 radical (unpaired) electrons. The summed E-state index contributed by atoms with van der Waals surface area (Å²) in [6.07, 6.45) is 1.56. The second-order valence-electron chi connectivity index (χ2n) is 4.76. The summed E-state index contributed by atoms with van der Waals surface area (Å²) in [7, 11) is -2.59. The third kappa shape index (κ3) is 3.69. The second-order valence-corrected chi connectivity index (χ2v) is 6.44. The van der Waals surface area contributed by atoms with Crippen molar-refractivity contribution in [2.45, 2.75) is 23.8 Å². The summed E-state index contributed by atoms with van der Waals surface area (Å²) in [6, 6.07) is 3.43. The Morgan fingerprint density at radius 2 is 2.24 bits per heavy atom. The third-order valence-corrected chi connectivity index (χ3v) is 4.84. The van der Waals surface area contributed by atoms with Gasteiger partial charge in [-0.1, -0.05) is 0 Å². The highest BCUT2D eigenvalue weighted by molar-refractivity contribution is 7.89. The van der Waals surface area contributed by atoms with E-state index >= 15 is 0 Å². The maximum atomic E-state index is 12.3. The molecule has 1 heterocycles. The highest BCUT2D eigenvalue weighted by Gasteiger charge is 2.29. The number of hydrogen-bond acceptors (Lipinski definition) is 6. The summed E-state index contributed by atoms with van der Waals surface area (Å²) in [6.45, 7) is 1.37. The molecule has 0 unspecified atom stereocenters. The first-order valence-corrected chi connectivity index (χ1v) is 7.98. The van der Waals surface area contributed by atoms with E-state index in [0.29, 0.717) is 13.0 Å². The predicted molar refractivity (Wildman–Crippen MR) is 75.9 cm³/mol. The first-order valence-electron chi connectivity index (χ1n) is 6.49. The molecule has 1 atom stereocenters. The number of piperidine rings is 1. The van der Waals surface area contributed by atoms with Gasteiger partial charge in [0.05, 0.1) is 18.1 Å². The molecule has 21 heavy (non-hydrogen) atoms. The number of ether oxygens (including phenoxy) is 1. The van der Waals surface area contributed by atoms with Crippen LogP contribution in [0.4, 0.5) is 5.69 Å². The molecule has 2 rings (SSSR count). The number of hydrogen-bond donors (Lipinski definition) is 2. The van der Waals surface area contributed by atoms with Gasteiger partial charge in [0.2, 0.25) is 10.0 Å². The maximum absolute atomic E-state index is 12.3. The normalized spacial score (nSPS) is 19.2. The number of nitrogens with zero attached hydrogens (tertiary/aromatic N) is 1. The minimum Gasteiger partial charge on any atom is -0.497 e. The first kappa shape index (κ1) is 15.7. The molecule has 0 amide bonds. The van der Waals surface area contributed by atoms with Crippen molar-refractivity contribution in [3.63, 3.8) is 0 Å². The van der Waals surface area contributed by atoms with Crippen LogP contribution in [-0.2, 0) is 10.0 Å². The Morgan fingerprint density at radius 3 is 2.81 bits per heavy atom. The Bertz CT molecular complexity index is 626. The fraction of sp³-hybridized carbons (Fsp3) is 0.500. The summed E-state index contributed by atoms with van der Waals surface area (Å²) in [5.74, 6) is 0.236. The third-order valence-electron chi connectivity index (χ3n) is 3.27. The van der Waals surface area contributed by atoms with Gasteiger partial charge < -0.3 is 10.1 Å². The average molecular weight is 315 g/mol. The lowest BCUT2D eigenvalue weighted by molar-refractivity contribution is -0.387. The molecule has 0 aromatic heterocycles. The average Bonchev–Trinajstić information content (AvgIpc) is 2.47. The molecule has 0 saturated carbocycles. The summed E-state index contributed by atoms with van der Waals surface area (Å²) < 4.78 is 32.1. The highest BCUT2D eigenvalue weighted by atomic mass is 32.2. The number of methoxy groups -OCH3 is 1. The Labute approximate surface area is 122 Å². The fourth-order valence-corrected chi connectivity index (χ4v) is 3.65. The van der Waals surface area contributed by atoms with Crippen molar-refractivity contribution in [3.8, 4) is 5.75 Å². The number of nitro benzene ring substituents is 1. The number of benzene rings is 1. The lowest BCUT2D eigenvalue weighted by atomic mass is 10.1. The lowest BCUT2D eigenvalue weighted by Gasteiger charge is -2.23. The standard InChI is InChI=1S/C12H17N3O5S/c1-20-10-4-5-12(11(7-10)15(16)17)21(18,19)14-9-3-2-6-13-8-9/h4-5,7,9,13-14H,2-3,6,8H2,1H3/t9-/m0/s1. The van der Waals surface area contributed by atoms with Gasteiger partial charge in [-0.15, -0.1) is 0 Å². The van der Waals surface area contributed by atoms with Crippen LogP contribution in [-0.4, -0.2) is 39.6 Å². The van der Waals surface area contributed by atoms with Crippen LogP contribution < -0.4 is 14.8 Å². The van der Waals surface area contributed by atoms with Crippen LogP contribution in [0, 0.1) is 10.1 Å². The lowest BCUT2D eigenvalue weighted by Crippen LogP contribution is -2.45. The summed E-state index contributed by atoms with van der Waals surface area (Å²) in [5.41, 5.74) is -0.495. The van der Waals surface area contributed by atoms with E-state index in [2.05, 4.69) is 10.0 Å². The molecule has 1 aliphatic heterocycles. The number of nitrogens with one attached hydrogen (secondary N) is 2. The van der Waals surface area contributed by atoms with Gasteiger partial charge in [0, 0.05) is 12.6 Å². The van der Waals surface area contributed by atoms with Crippen molar-refractivity contribution in [1.82, 2.24) is 10.0 Å². The molecular formula is C12H17N3O5S. The molecule has 1 aliphatic rings. The van der Waals surface area contributed by atoms with Crippen LogP contribution in [0.5, 0.6) is 5.75 Å². The molecule has 0 spiro atoms. The monoisotopic (exact) mass is 315 g/mol. The molecule has 1 fully saturated rings. The molecule has 8 nitrogen and oxygen atoms in total. The summed E-state index contributed by atoms with van der Waals surface area (Å²) >= 11 is 0. The van der Waals surface area contributed by atoms with Gasteiger partial charge in [0.1, 0.15) is 5.75 Å². The van der Waals surface area contributed by atoms with Gasteiger partial charge in [0.25, 0.3) is 5.69 Å². The molecule has 9 heteroatoms. The summed E-state index contributed by atoms with van der Waals surface area (Å²) in [4.78, 5) is 10.00. The molecule has 2 N–H and O–H groups in total. The van der Waals surface area contributed by atoms with Crippen LogP contribution in [0.25, 0.3) is 0 Å². The zero-order valence-electron chi connectivity index (χ0n) is 11.5. The predicted octanol–water partition coefficient (Wildman–Crippen LogP) is 0.634. The van der Waals surface area contributed by atoms with Gasteiger partial charge in [-0.05, 0) is 31.5 Å². The Morgan fingerprint density at radius 1 is 1.48 bits per heavy atom. The Hall–Kier alpha value is -1.71. The number of rotatable bonds is 5. The van der Waals surface area contributed by atoms with Gasteiger partial charge in [-0.25, -0.2) is 13.1 Å². The number of sulfonamides is 1. The van der Waals surface area contributed by atoms with Crippen molar-refractivity contribution < 1.29 is 18.1 Å². The molecule has 1 saturated heterocycles. The van der Waals surface area contributed by atoms with E-state index in [1.54, 1.807) is 0 Å². The van der Waals surface area contributed by atoms with E-state index in [0.717, 1.165) is 19.0 Å². The zero-order valence-corrected chi connectivity index (χ0v) is 12.4. The van der Waals surface area contributed by atoms with E-state index in [4.69, 9.17) is 4.74 Å². The number of nitro groups is 1. The molecule has 116 valence electrons. The summed E-state index contributed by atoms with van der Waals surface area (Å²) in [5, 5.41) is 14.2. The van der Waals surface area contributed by atoms with Crippen molar-refractivity contribution >= 4 is 15.7 Å². The smallest absolute Gasteiger partial charge is 0.293 e. The van der Waals surface area contributed by atoms with E-state index in [1.807, 2.05) is 0 Å². The van der Waals surface area contributed by atoms with Crippen LogP contribution in [0.15, 0.2) is 23.1 Å². The van der Waals surface area contributed by atoms with Crippen LogP contribution in [0.1, 0.15) is 12.8 Å². The first-order chi connectivity index (χ1) is 9.94. The minimum atomic E-state index is -3.95. The van der Waals surface area contributed by atoms with Crippen molar-refractivity contribution in [2.75, 3.05) is 20.2 Å². The molecular weight excluding hydrogens is 298 g/mol. The van der Waals surface area contributed by atoms with Crippen LogP contribution >= 0.6 is 0 Å². The minimum absolute atomic E-state index is 0.236. The van der Waals surface area contributed by atoms with Crippen molar-refractivity contribution in [1.29, 1.82) is 0 Å². The van der Waals surface area contributed by atoms with Gasteiger partial charge in [-0.3, -0.25) is 10.1 Å². The van der Waals surface area contributed by atoms with Crippen molar-refractivity contribution in [2.24, 2.45) is 0 Å². The maximum Gasteiger partial charge on any atom is 0.293 e. The van der Waals surface area contributed by atoms with Gasteiger partial charge >= 0.3 is 0 Å². The van der Waals surface area contributed by atoms with E-state index < -0.39 is 20.6 Å². The van der Waals surface area contributed by atoms with Crippen molar-refractivity contribution in [3.05, 3.63) is 28.3 Å². The molecule has 0 bridgehead atoms. The second kappa shape index (κ2) is 6.37. The Kier molecular flexibility index (Phi) is 4.76. The van der Waals surface area contributed by atoms with E-state index in [1.165, 1.54) is 19.2 Å². The van der Waals surface area contributed by atoms with E-state index in [-0.39, 0.29) is 16.7 Å². The van der Waals surface area contributed by atoms with Crippen LogP contribution in [0.3, 0.4) is 0 Å². The van der Waals surface area contributed by atoms with Gasteiger partial charge in [0.15, 0.2) is 4.90 Å². The Balaban J connectivity index is 2.32.